The average Bonchev–Trinajstić information content (AvgIpc) is 2.77. The van der Waals surface area contributed by atoms with E-state index >= 15 is 0 Å². The minimum Gasteiger partial charge on any atom is -0.465 e. The molecule has 1 fully saturated rings. The van der Waals surface area contributed by atoms with E-state index in [0.29, 0.717) is 18.6 Å². The van der Waals surface area contributed by atoms with Crippen LogP contribution in [0.2, 0.25) is 0 Å². The number of nitrogens with one attached hydrogen (secondary N) is 1. The van der Waals surface area contributed by atoms with Gasteiger partial charge in [0.1, 0.15) is 6.04 Å². The van der Waals surface area contributed by atoms with E-state index in [1.165, 1.54) is 7.11 Å². The summed E-state index contributed by atoms with van der Waals surface area (Å²) in [7, 11) is 1.34. The molecule has 0 radical (unpaired) electrons. The first-order valence-electron chi connectivity index (χ1n) is 5.74. The maximum absolute atomic E-state index is 11.4. The summed E-state index contributed by atoms with van der Waals surface area (Å²) in [5.74, 6) is -0.648. The van der Waals surface area contributed by atoms with Gasteiger partial charge in [0.25, 0.3) is 0 Å². The van der Waals surface area contributed by atoms with Crippen LogP contribution in [0.5, 0.6) is 0 Å². The van der Waals surface area contributed by atoms with Crippen LogP contribution >= 0.6 is 0 Å². The van der Waals surface area contributed by atoms with Crippen molar-refractivity contribution in [2.24, 2.45) is 0 Å². The van der Waals surface area contributed by atoms with E-state index in [4.69, 9.17) is 4.74 Å². The zero-order chi connectivity index (χ0) is 13.1. The molecule has 0 saturated carbocycles. The van der Waals surface area contributed by atoms with Gasteiger partial charge in [-0.05, 0) is 24.6 Å². The Balaban J connectivity index is 2.21. The molecule has 1 saturated heterocycles. The largest absolute Gasteiger partial charge is 0.465 e. The third-order valence-electron chi connectivity index (χ3n) is 2.92. The number of hydrogen-bond donors (Lipinski definition) is 1. The van der Waals surface area contributed by atoms with Gasteiger partial charge >= 0.3 is 11.9 Å². The number of aryl methyl sites for hydroxylation is 1. The molecule has 0 aliphatic carbocycles. The molecule has 1 aliphatic rings. The Hall–Kier alpha value is -2.04. The number of ether oxygens (including phenoxy) is 2. The molecule has 1 aliphatic heterocycles. The van der Waals surface area contributed by atoms with E-state index in [-0.39, 0.29) is 12.0 Å². The number of cyclic esters (lactones) is 1. The standard InChI is InChI=1S/C13H15NO4/c1-8-3-4-9(12(15)17-2)7-11(8)14-10-5-6-18-13(10)16/h3-4,7,10,14H,5-6H2,1-2H3/t10-/m0/s1. The van der Waals surface area contributed by atoms with Gasteiger partial charge in [0.2, 0.25) is 0 Å². The lowest BCUT2D eigenvalue weighted by atomic mass is 10.1. The Kier molecular flexibility index (Phi) is 3.50. The van der Waals surface area contributed by atoms with Crippen molar-refractivity contribution in [3.63, 3.8) is 0 Å². The van der Waals surface area contributed by atoms with Crippen LogP contribution in [0, 0.1) is 6.92 Å². The molecule has 1 atom stereocenters. The van der Waals surface area contributed by atoms with Crippen molar-refractivity contribution in [1.82, 2.24) is 0 Å². The Labute approximate surface area is 105 Å². The fraction of sp³-hybridized carbons (Fsp3) is 0.385. The minimum absolute atomic E-state index is 0.252. The quantitative estimate of drug-likeness (QED) is 0.822. The number of carbonyl (C=O) groups excluding carboxylic acids is 2. The van der Waals surface area contributed by atoms with Gasteiger partial charge in [0.05, 0.1) is 19.3 Å². The molecule has 1 aromatic carbocycles. The van der Waals surface area contributed by atoms with E-state index in [2.05, 4.69) is 10.1 Å². The zero-order valence-corrected chi connectivity index (χ0v) is 10.4. The summed E-state index contributed by atoms with van der Waals surface area (Å²) in [4.78, 5) is 22.8. The molecule has 0 aromatic heterocycles. The molecule has 96 valence electrons. The maximum atomic E-state index is 11.4. The summed E-state index contributed by atoms with van der Waals surface area (Å²) >= 11 is 0. The number of methoxy groups -OCH3 is 1. The van der Waals surface area contributed by atoms with Gasteiger partial charge < -0.3 is 14.8 Å². The molecule has 0 spiro atoms. The molecular weight excluding hydrogens is 234 g/mol. The SMILES string of the molecule is COC(=O)c1ccc(C)c(N[C@H]2CCOC2=O)c1. The fourth-order valence-electron chi connectivity index (χ4n) is 1.84. The fourth-order valence-corrected chi connectivity index (χ4v) is 1.84. The smallest absolute Gasteiger partial charge is 0.337 e. The molecule has 1 heterocycles. The van der Waals surface area contributed by atoms with Crippen molar-refractivity contribution in [3.8, 4) is 0 Å². The van der Waals surface area contributed by atoms with Gasteiger partial charge in [-0.25, -0.2) is 9.59 Å². The van der Waals surface area contributed by atoms with Gasteiger partial charge in [-0.2, -0.15) is 0 Å². The van der Waals surface area contributed by atoms with E-state index < -0.39 is 5.97 Å². The van der Waals surface area contributed by atoms with Crippen molar-refractivity contribution >= 4 is 17.6 Å². The zero-order valence-electron chi connectivity index (χ0n) is 10.4. The van der Waals surface area contributed by atoms with Crippen LogP contribution < -0.4 is 5.32 Å². The number of benzene rings is 1. The lowest BCUT2D eigenvalue weighted by Gasteiger charge is -2.13. The van der Waals surface area contributed by atoms with Crippen molar-refractivity contribution in [2.45, 2.75) is 19.4 Å². The highest BCUT2D eigenvalue weighted by Gasteiger charge is 2.26. The predicted octanol–water partition coefficient (Wildman–Crippen LogP) is 1.51. The molecule has 1 N–H and O–H groups in total. The molecule has 2 rings (SSSR count). The van der Waals surface area contributed by atoms with Gasteiger partial charge in [-0.3, -0.25) is 0 Å². The van der Waals surface area contributed by atoms with Crippen LogP contribution in [-0.4, -0.2) is 31.7 Å². The normalized spacial score (nSPS) is 18.3. The van der Waals surface area contributed by atoms with Crippen molar-refractivity contribution in [1.29, 1.82) is 0 Å². The van der Waals surface area contributed by atoms with Gasteiger partial charge in [0, 0.05) is 12.1 Å². The first-order chi connectivity index (χ1) is 8.61. The second kappa shape index (κ2) is 5.08. The number of esters is 2. The second-order valence-electron chi connectivity index (χ2n) is 4.17. The third-order valence-corrected chi connectivity index (χ3v) is 2.92. The maximum Gasteiger partial charge on any atom is 0.337 e. The second-order valence-corrected chi connectivity index (χ2v) is 4.17. The van der Waals surface area contributed by atoms with Crippen molar-refractivity contribution in [2.75, 3.05) is 19.0 Å². The van der Waals surface area contributed by atoms with Crippen molar-refractivity contribution < 1.29 is 19.1 Å². The molecule has 5 heteroatoms. The molecule has 18 heavy (non-hydrogen) atoms. The Morgan fingerprint density at radius 2 is 2.28 bits per heavy atom. The molecule has 0 unspecified atom stereocenters. The lowest BCUT2D eigenvalue weighted by Crippen LogP contribution is -2.24. The average molecular weight is 249 g/mol. The number of hydrogen-bond acceptors (Lipinski definition) is 5. The van der Waals surface area contributed by atoms with E-state index in [0.717, 1.165) is 11.3 Å². The summed E-state index contributed by atoms with van der Waals surface area (Å²) in [6.07, 6.45) is 0.640. The van der Waals surface area contributed by atoms with E-state index in [1.807, 2.05) is 13.0 Å². The predicted molar refractivity (Wildman–Crippen MR) is 65.5 cm³/mol. The van der Waals surface area contributed by atoms with Crippen LogP contribution in [0.4, 0.5) is 5.69 Å². The number of rotatable bonds is 3. The van der Waals surface area contributed by atoms with Crippen LogP contribution in [-0.2, 0) is 14.3 Å². The highest BCUT2D eigenvalue weighted by molar-refractivity contribution is 5.91. The molecular formula is C13H15NO4. The van der Waals surface area contributed by atoms with Gasteiger partial charge in [-0.1, -0.05) is 6.07 Å². The topological polar surface area (TPSA) is 64.6 Å². The van der Waals surface area contributed by atoms with E-state index in [9.17, 15) is 9.59 Å². The monoisotopic (exact) mass is 249 g/mol. The summed E-state index contributed by atoms with van der Waals surface area (Å²) < 4.78 is 9.55. The Bertz CT molecular complexity index is 484. The number of anilines is 1. The summed E-state index contributed by atoms with van der Waals surface area (Å²) in [5.41, 5.74) is 2.17. The minimum atomic E-state index is -0.396. The first kappa shape index (κ1) is 12.4. The Morgan fingerprint density at radius 1 is 1.50 bits per heavy atom. The lowest BCUT2D eigenvalue weighted by molar-refractivity contribution is -0.138. The van der Waals surface area contributed by atoms with Gasteiger partial charge in [0.15, 0.2) is 0 Å². The van der Waals surface area contributed by atoms with Crippen LogP contribution in [0.25, 0.3) is 0 Å². The van der Waals surface area contributed by atoms with Crippen LogP contribution in [0.15, 0.2) is 18.2 Å². The number of carbonyl (C=O) groups is 2. The summed E-state index contributed by atoms with van der Waals surface area (Å²) in [5, 5.41) is 3.10. The van der Waals surface area contributed by atoms with Crippen LogP contribution in [0.3, 0.4) is 0 Å². The highest BCUT2D eigenvalue weighted by Crippen LogP contribution is 2.21. The third kappa shape index (κ3) is 2.45. The van der Waals surface area contributed by atoms with Crippen molar-refractivity contribution in [3.05, 3.63) is 29.3 Å². The van der Waals surface area contributed by atoms with Crippen LogP contribution in [0.1, 0.15) is 22.3 Å². The summed E-state index contributed by atoms with van der Waals surface area (Å²) in [6, 6.07) is 4.86. The Morgan fingerprint density at radius 3 is 2.89 bits per heavy atom. The molecule has 5 nitrogen and oxygen atoms in total. The molecule has 1 aromatic rings. The molecule has 0 bridgehead atoms. The first-order valence-corrected chi connectivity index (χ1v) is 5.74. The molecule has 0 amide bonds. The summed E-state index contributed by atoms with van der Waals surface area (Å²) in [6.45, 7) is 2.34. The van der Waals surface area contributed by atoms with E-state index in [1.54, 1.807) is 12.1 Å². The van der Waals surface area contributed by atoms with Gasteiger partial charge in [-0.15, -0.1) is 0 Å². The highest BCUT2D eigenvalue weighted by atomic mass is 16.5.